The first-order valence-electron chi connectivity index (χ1n) is 8.99. The van der Waals surface area contributed by atoms with Crippen LogP contribution in [-0.2, 0) is 23.6 Å². The lowest BCUT2D eigenvalue weighted by atomic mass is 10.2. The maximum absolute atomic E-state index is 13.0. The molecule has 3 rings (SSSR count). The molecule has 158 valence electrons. The molecule has 0 saturated heterocycles. The second kappa shape index (κ2) is 9.34. The first-order chi connectivity index (χ1) is 13.5. The maximum atomic E-state index is 13.0. The highest BCUT2D eigenvalue weighted by Gasteiger charge is 2.17. The molecule has 0 atom stereocenters. The van der Waals surface area contributed by atoms with Crippen molar-refractivity contribution in [3.05, 3.63) is 59.2 Å². The molecular formula is C20H25FN2O5S. The van der Waals surface area contributed by atoms with E-state index in [2.05, 4.69) is 37.2 Å². The van der Waals surface area contributed by atoms with Crippen LogP contribution >= 0.6 is 0 Å². The fourth-order valence-corrected chi connectivity index (χ4v) is 2.99. The molecule has 0 amide bonds. The van der Waals surface area contributed by atoms with Crippen LogP contribution in [0.1, 0.15) is 30.7 Å². The average molecular weight is 424 g/mol. The molecule has 0 aliphatic heterocycles. The molecule has 2 aromatic heterocycles. The molecule has 2 heterocycles. The van der Waals surface area contributed by atoms with Crippen LogP contribution in [0.2, 0.25) is 0 Å². The SMILES string of the molecule is Cc1c(C)n(CC(C)C)c2c(OCc3ccc(F)cc3)nccc12.O=S(=O)(O)O. The summed E-state index contributed by atoms with van der Waals surface area (Å²) in [5, 5.41) is 1.18. The highest BCUT2D eigenvalue weighted by Crippen LogP contribution is 2.31. The van der Waals surface area contributed by atoms with E-state index in [0.717, 1.165) is 17.6 Å². The second-order valence-electron chi connectivity index (χ2n) is 7.09. The Balaban J connectivity index is 0.000000537. The highest BCUT2D eigenvalue weighted by molar-refractivity contribution is 7.79. The molecular weight excluding hydrogens is 399 g/mol. The van der Waals surface area contributed by atoms with Crippen molar-refractivity contribution >= 4 is 21.3 Å². The lowest BCUT2D eigenvalue weighted by Crippen LogP contribution is -2.08. The van der Waals surface area contributed by atoms with Gasteiger partial charge in [-0.05, 0) is 49.1 Å². The van der Waals surface area contributed by atoms with Crippen molar-refractivity contribution in [2.75, 3.05) is 0 Å². The van der Waals surface area contributed by atoms with Gasteiger partial charge in [-0.25, -0.2) is 9.37 Å². The van der Waals surface area contributed by atoms with E-state index < -0.39 is 10.4 Å². The van der Waals surface area contributed by atoms with Gasteiger partial charge in [0.2, 0.25) is 5.88 Å². The molecule has 0 saturated carbocycles. The van der Waals surface area contributed by atoms with Gasteiger partial charge in [-0.1, -0.05) is 26.0 Å². The summed E-state index contributed by atoms with van der Waals surface area (Å²) in [6.45, 7) is 9.98. The molecule has 0 aliphatic carbocycles. The van der Waals surface area contributed by atoms with E-state index in [-0.39, 0.29) is 5.82 Å². The van der Waals surface area contributed by atoms with E-state index in [4.69, 9.17) is 22.3 Å². The fraction of sp³-hybridized carbons (Fsp3) is 0.350. The number of aromatic nitrogens is 2. The van der Waals surface area contributed by atoms with Crippen molar-refractivity contribution < 1.29 is 26.7 Å². The van der Waals surface area contributed by atoms with E-state index >= 15 is 0 Å². The monoisotopic (exact) mass is 424 g/mol. The number of nitrogens with zero attached hydrogens (tertiary/aromatic N) is 2. The molecule has 0 radical (unpaired) electrons. The molecule has 29 heavy (non-hydrogen) atoms. The Morgan fingerprint density at radius 1 is 1.14 bits per heavy atom. The van der Waals surface area contributed by atoms with Crippen LogP contribution < -0.4 is 4.74 Å². The molecule has 0 bridgehead atoms. The molecule has 0 spiro atoms. The molecule has 1 aromatic carbocycles. The van der Waals surface area contributed by atoms with Crippen LogP contribution in [0.4, 0.5) is 4.39 Å². The normalized spacial score (nSPS) is 11.4. The molecule has 0 unspecified atom stereocenters. The van der Waals surface area contributed by atoms with Gasteiger partial charge in [0.05, 0.1) is 0 Å². The van der Waals surface area contributed by atoms with Gasteiger partial charge in [0, 0.05) is 23.8 Å². The van der Waals surface area contributed by atoms with Crippen LogP contribution in [0.15, 0.2) is 36.5 Å². The zero-order valence-electron chi connectivity index (χ0n) is 16.8. The Labute approximate surface area is 169 Å². The minimum Gasteiger partial charge on any atom is -0.471 e. The predicted octanol–water partition coefficient (Wildman–Crippen LogP) is 4.37. The van der Waals surface area contributed by atoms with E-state index in [9.17, 15) is 4.39 Å². The standard InChI is InChI=1S/C20H23FN2O.H2O4S/c1-13(2)11-23-15(4)14(3)18-9-10-22-20(19(18)23)24-12-16-5-7-17(21)8-6-16;1-5(2,3)4/h5-10,13H,11-12H2,1-4H3;(H2,1,2,3,4). The van der Waals surface area contributed by atoms with Gasteiger partial charge in [0.1, 0.15) is 17.9 Å². The van der Waals surface area contributed by atoms with Crippen LogP contribution in [0.3, 0.4) is 0 Å². The Morgan fingerprint density at radius 2 is 1.72 bits per heavy atom. The van der Waals surface area contributed by atoms with Crippen molar-refractivity contribution in [3.8, 4) is 5.88 Å². The van der Waals surface area contributed by atoms with E-state index in [1.807, 2.05) is 6.07 Å². The van der Waals surface area contributed by atoms with Crippen LogP contribution in [-0.4, -0.2) is 27.1 Å². The zero-order chi connectivity index (χ0) is 21.8. The summed E-state index contributed by atoms with van der Waals surface area (Å²) in [6, 6.07) is 8.41. The van der Waals surface area contributed by atoms with Gasteiger partial charge in [-0.2, -0.15) is 8.42 Å². The third kappa shape index (κ3) is 6.52. The van der Waals surface area contributed by atoms with Gasteiger partial charge < -0.3 is 9.30 Å². The molecule has 7 nitrogen and oxygen atoms in total. The number of halogens is 1. The Hall–Kier alpha value is -2.49. The Kier molecular flexibility index (Phi) is 7.34. The summed E-state index contributed by atoms with van der Waals surface area (Å²) in [5.41, 5.74) is 4.48. The maximum Gasteiger partial charge on any atom is 0.394 e. The summed E-state index contributed by atoms with van der Waals surface area (Å²) < 4.78 is 52.9. The predicted molar refractivity (Wildman–Crippen MR) is 109 cm³/mol. The van der Waals surface area contributed by atoms with Crippen LogP contribution in [0.5, 0.6) is 5.88 Å². The van der Waals surface area contributed by atoms with Gasteiger partial charge in [0.15, 0.2) is 0 Å². The minimum atomic E-state index is -4.67. The number of rotatable bonds is 5. The lowest BCUT2D eigenvalue weighted by Gasteiger charge is -2.13. The molecule has 9 heteroatoms. The van der Waals surface area contributed by atoms with Crippen LogP contribution in [0, 0.1) is 25.6 Å². The van der Waals surface area contributed by atoms with Crippen molar-refractivity contribution in [2.24, 2.45) is 5.92 Å². The minimum absolute atomic E-state index is 0.240. The number of ether oxygens (including phenoxy) is 1. The van der Waals surface area contributed by atoms with Gasteiger partial charge >= 0.3 is 10.4 Å². The fourth-order valence-electron chi connectivity index (χ4n) is 2.99. The second-order valence-corrected chi connectivity index (χ2v) is 7.99. The quantitative estimate of drug-likeness (QED) is 0.590. The number of hydrogen-bond donors (Lipinski definition) is 2. The van der Waals surface area contributed by atoms with Crippen molar-refractivity contribution in [2.45, 2.75) is 40.8 Å². The van der Waals surface area contributed by atoms with E-state index in [0.29, 0.717) is 18.4 Å². The summed E-state index contributed by atoms with van der Waals surface area (Å²) in [4.78, 5) is 4.44. The van der Waals surface area contributed by atoms with Gasteiger partial charge in [-0.3, -0.25) is 9.11 Å². The molecule has 0 fully saturated rings. The lowest BCUT2D eigenvalue weighted by molar-refractivity contribution is 0.296. The zero-order valence-corrected chi connectivity index (χ0v) is 17.6. The van der Waals surface area contributed by atoms with Crippen molar-refractivity contribution in [1.29, 1.82) is 0 Å². The number of pyridine rings is 1. The van der Waals surface area contributed by atoms with Crippen molar-refractivity contribution in [3.63, 3.8) is 0 Å². The number of benzene rings is 1. The van der Waals surface area contributed by atoms with Gasteiger partial charge in [-0.15, -0.1) is 0 Å². The first-order valence-corrected chi connectivity index (χ1v) is 10.4. The average Bonchev–Trinajstić information content (AvgIpc) is 2.85. The highest BCUT2D eigenvalue weighted by atomic mass is 32.3. The Bertz CT molecular complexity index is 1070. The number of aryl methyl sites for hydroxylation is 1. The number of fused-ring (bicyclic) bond motifs is 1. The number of hydrogen-bond acceptors (Lipinski definition) is 4. The molecule has 0 aliphatic rings. The summed E-state index contributed by atoms with van der Waals surface area (Å²) in [7, 11) is -4.67. The van der Waals surface area contributed by atoms with E-state index in [1.165, 1.54) is 28.8 Å². The summed E-state index contributed by atoms with van der Waals surface area (Å²) in [5.74, 6) is 0.925. The Morgan fingerprint density at radius 3 is 2.28 bits per heavy atom. The smallest absolute Gasteiger partial charge is 0.394 e. The third-order valence-corrected chi connectivity index (χ3v) is 4.35. The molecule has 2 N–H and O–H groups in total. The molecule has 3 aromatic rings. The summed E-state index contributed by atoms with van der Waals surface area (Å²) in [6.07, 6.45) is 1.79. The first kappa shape index (κ1) is 22.8. The topological polar surface area (TPSA) is 102 Å². The van der Waals surface area contributed by atoms with E-state index in [1.54, 1.807) is 18.3 Å². The van der Waals surface area contributed by atoms with Crippen LogP contribution in [0.25, 0.3) is 10.9 Å². The van der Waals surface area contributed by atoms with Gasteiger partial charge in [0.25, 0.3) is 0 Å². The summed E-state index contributed by atoms with van der Waals surface area (Å²) >= 11 is 0. The third-order valence-electron chi connectivity index (χ3n) is 4.35. The van der Waals surface area contributed by atoms with Crippen molar-refractivity contribution in [1.82, 2.24) is 9.55 Å². The largest absolute Gasteiger partial charge is 0.471 e.